The van der Waals surface area contributed by atoms with Crippen LogP contribution in [0.15, 0.2) is 36.7 Å². The number of H-pyrrole nitrogens is 1. The number of aromatic nitrogens is 3. The van der Waals surface area contributed by atoms with E-state index >= 15 is 0 Å². The van der Waals surface area contributed by atoms with Gasteiger partial charge < -0.3 is 9.55 Å². The van der Waals surface area contributed by atoms with Crippen LogP contribution in [0.2, 0.25) is 0 Å². The molecule has 17 heavy (non-hydrogen) atoms. The molecule has 0 spiro atoms. The van der Waals surface area contributed by atoms with Gasteiger partial charge in [0.15, 0.2) is 6.29 Å². The monoisotopic (exact) mass is 225 g/mol. The Labute approximate surface area is 97.9 Å². The third kappa shape index (κ3) is 1.45. The molecule has 0 aliphatic rings. The van der Waals surface area contributed by atoms with Gasteiger partial charge in [-0.3, -0.25) is 4.79 Å². The average Bonchev–Trinajstić information content (AvgIpc) is 2.95. The van der Waals surface area contributed by atoms with E-state index in [0.29, 0.717) is 5.69 Å². The van der Waals surface area contributed by atoms with Crippen molar-refractivity contribution in [1.29, 1.82) is 0 Å². The van der Waals surface area contributed by atoms with Crippen LogP contribution < -0.4 is 0 Å². The van der Waals surface area contributed by atoms with E-state index in [2.05, 4.69) is 16.0 Å². The van der Waals surface area contributed by atoms with Crippen molar-refractivity contribution in [2.75, 3.05) is 0 Å². The molecule has 2 heterocycles. The molecule has 3 rings (SSSR count). The summed E-state index contributed by atoms with van der Waals surface area (Å²) in [5.74, 6) is 0.726. The molecule has 3 aromatic rings. The summed E-state index contributed by atoms with van der Waals surface area (Å²) in [5.41, 5.74) is 2.65. The second-order valence-corrected chi connectivity index (χ2v) is 3.98. The number of carbonyl (C=O) groups is 1. The Bertz CT molecular complexity index is 694. The SMILES string of the molecule is Cn1cc(-c2ncc(C=O)[nH]2)c2ccccc21. The van der Waals surface area contributed by atoms with Crippen molar-refractivity contribution >= 4 is 17.2 Å². The fraction of sp³-hybridized carbons (Fsp3) is 0.0769. The normalized spacial score (nSPS) is 10.9. The van der Waals surface area contributed by atoms with Crippen molar-refractivity contribution in [3.63, 3.8) is 0 Å². The van der Waals surface area contributed by atoms with Crippen molar-refractivity contribution in [2.24, 2.45) is 7.05 Å². The molecular weight excluding hydrogens is 214 g/mol. The first kappa shape index (κ1) is 9.84. The molecule has 0 fully saturated rings. The van der Waals surface area contributed by atoms with Crippen LogP contribution in [-0.2, 0) is 7.05 Å². The molecule has 4 nitrogen and oxygen atoms in total. The predicted octanol–water partition coefficient (Wildman–Crippen LogP) is 2.38. The van der Waals surface area contributed by atoms with Gasteiger partial charge in [-0.05, 0) is 6.07 Å². The Hall–Kier alpha value is -2.36. The number of hydrogen-bond donors (Lipinski definition) is 1. The summed E-state index contributed by atoms with van der Waals surface area (Å²) < 4.78 is 2.05. The summed E-state index contributed by atoms with van der Waals surface area (Å²) in [6.07, 6.45) is 4.32. The molecule has 1 aromatic carbocycles. The largest absolute Gasteiger partial charge is 0.350 e. The maximum atomic E-state index is 10.6. The zero-order valence-electron chi connectivity index (χ0n) is 9.34. The number of hydrogen-bond acceptors (Lipinski definition) is 2. The van der Waals surface area contributed by atoms with Crippen LogP contribution in [-0.4, -0.2) is 20.8 Å². The summed E-state index contributed by atoms with van der Waals surface area (Å²) in [7, 11) is 2.00. The Morgan fingerprint density at radius 1 is 1.35 bits per heavy atom. The fourth-order valence-electron chi connectivity index (χ4n) is 2.06. The van der Waals surface area contributed by atoms with Gasteiger partial charge in [0.1, 0.15) is 5.82 Å². The van der Waals surface area contributed by atoms with Crippen molar-refractivity contribution < 1.29 is 4.79 Å². The van der Waals surface area contributed by atoms with Gasteiger partial charge >= 0.3 is 0 Å². The van der Waals surface area contributed by atoms with Crippen LogP contribution >= 0.6 is 0 Å². The third-order valence-electron chi connectivity index (χ3n) is 2.87. The number of rotatable bonds is 2. The number of para-hydroxylation sites is 1. The smallest absolute Gasteiger partial charge is 0.167 e. The van der Waals surface area contributed by atoms with Gasteiger partial charge in [0.2, 0.25) is 0 Å². The van der Waals surface area contributed by atoms with Crippen molar-refractivity contribution in [3.8, 4) is 11.4 Å². The highest BCUT2D eigenvalue weighted by Gasteiger charge is 2.10. The summed E-state index contributed by atoms with van der Waals surface area (Å²) in [5, 5.41) is 1.13. The van der Waals surface area contributed by atoms with Crippen molar-refractivity contribution in [3.05, 3.63) is 42.4 Å². The van der Waals surface area contributed by atoms with Gasteiger partial charge in [-0.25, -0.2) is 4.98 Å². The molecule has 0 aliphatic heterocycles. The topological polar surface area (TPSA) is 50.7 Å². The lowest BCUT2D eigenvalue weighted by Crippen LogP contribution is -1.82. The minimum Gasteiger partial charge on any atom is -0.350 e. The molecule has 1 N–H and O–H groups in total. The quantitative estimate of drug-likeness (QED) is 0.681. The standard InChI is InChI=1S/C13H11N3O/c1-16-7-11(10-4-2-3-5-12(10)16)13-14-6-9(8-17)15-13/h2-8H,1H3,(H,14,15). The van der Waals surface area contributed by atoms with Crippen molar-refractivity contribution in [1.82, 2.24) is 14.5 Å². The summed E-state index contributed by atoms with van der Waals surface area (Å²) in [6.45, 7) is 0. The Morgan fingerprint density at radius 3 is 2.94 bits per heavy atom. The number of nitrogens with zero attached hydrogens (tertiary/aromatic N) is 2. The molecule has 0 saturated carbocycles. The third-order valence-corrected chi connectivity index (χ3v) is 2.87. The summed E-state index contributed by atoms with van der Waals surface area (Å²) >= 11 is 0. The zero-order chi connectivity index (χ0) is 11.8. The molecule has 0 atom stereocenters. The molecular formula is C13H11N3O. The maximum Gasteiger partial charge on any atom is 0.167 e. The molecule has 0 aliphatic carbocycles. The van der Waals surface area contributed by atoms with E-state index in [1.54, 1.807) is 6.20 Å². The summed E-state index contributed by atoms with van der Waals surface area (Å²) in [4.78, 5) is 17.9. The average molecular weight is 225 g/mol. The molecule has 84 valence electrons. The molecule has 0 saturated heterocycles. The maximum absolute atomic E-state index is 10.6. The van der Waals surface area contributed by atoms with Crippen LogP contribution in [0, 0.1) is 0 Å². The number of fused-ring (bicyclic) bond motifs is 1. The van der Waals surface area contributed by atoms with Crippen LogP contribution in [0.3, 0.4) is 0 Å². The first-order valence-electron chi connectivity index (χ1n) is 5.34. The first-order chi connectivity index (χ1) is 8.29. The fourth-order valence-corrected chi connectivity index (χ4v) is 2.06. The summed E-state index contributed by atoms with van der Waals surface area (Å²) in [6, 6.07) is 8.11. The number of benzene rings is 1. The van der Waals surface area contributed by atoms with Gasteiger partial charge in [-0.1, -0.05) is 18.2 Å². The van der Waals surface area contributed by atoms with Crippen LogP contribution in [0.25, 0.3) is 22.3 Å². The van der Waals surface area contributed by atoms with Crippen LogP contribution in [0.4, 0.5) is 0 Å². The van der Waals surface area contributed by atoms with E-state index in [0.717, 1.165) is 28.6 Å². The van der Waals surface area contributed by atoms with Gasteiger partial charge in [0.05, 0.1) is 11.9 Å². The molecule has 0 bridgehead atoms. The lowest BCUT2D eigenvalue weighted by Gasteiger charge is -1.94. The van der Waals surface area contributed by atoms with E-state index < -0.39 is 0 Å². The number of imidazole rings is 1. The van der Waals surface area contributed by atoms with Crippen LogP contribution in [0.1, 0.15) is 10.5 Å². The molecule has 0 unspecified atom stereocenters. The van der Waals surface area contributed by atoms with Gasteiger partial charge in [-0.2, -0.15) is 0 Å². The predicted molar refractivity (Wildman–Crippen MR) is 65.9 cm³/mol. The lowest BCUT2D eigenvalue weighted by atomic mass is 10.2. The van der Waals surface area contributed by atoms with Gasteiger partial charge in [-0.15, -0.1) is 0 Å². The minimum atomic E-state index is 0.493. The van der Waals surface area contributed by atoms with E-state index in [4.69, 9.17) is 0 Å². The van der Waals surface area contributed by atoms with Crippen molar-refractivity contribution in [2.45, 2.75) is 0 Å². The highest BCUT2D eigenvalue weighted by atomic mass is 16.1. The Balaban J connectivity index is 2.26. The minimum absolute atomic E-state index is 0.493. The molecule has 4 heteroatoms. The second kappa shape index (κ2) is 3.59. The number of aryl methyl sites for hydroxylation is 1. The number of aromatic amines is 1. The highest BCUT2D eigenvalue weighted by molar-refractivity contribution is 5.94. The zero-order valence-corrected chi connectivity index (χ0v) is 9.34. The van der Waals surface area contributed by atoms with Gasteiger partial charge in [0, 0.05) is 29.7 Å². The first-order valence-corrected chi connectivity index (χ1v) is 5.34. The molecule has 0 radical (unpaired) electrons. The Kier molecular flexibility index (Phi) is 2.08. The highest BCUT2D eigenvalue weighted by Crippen LogP contribution is 2.27. The number of aldehydes is 1. The second-order valence-electron chi connectivity index (χ2n) is 3.98. The van der Waals surface area contributed by atoms with E-state index in [9.17, 15) is 4.79 Å². The number of nitrogens with one attached hydrogen (secondary N) is 1. The van der Waals surface area contributed by atoms with Crippen LogP contribution in [0.5, 0.6) is 0 Å². The lowest BCUT2D eigenvalue weighted by molar-refractivity contribution is 0.111. The molecule has 0 amide bonds. The van der Waals surface area contributed by atoms with Gasteiger partial charge in [0.25, 0.3) is 0 Å². The molecule has 2 aromatic heterocycles. The van der Waals surface area contributed by atoms with E-state index in [-0.39, 0.29) is 0 Å². The Morgan fingerprint density at radius 2 is 2.18 bits per heavy atom. The van der Waals surface area contributed by atoms with E-state index in [1.165, 1.54) is 0 Å². The number of carbonyl (C=O) groups excluding carboxylic acids is 1. The van der Waals surface area contributed by atoms with E-state index in [1.807, 2.05) is 36.0 Å².